The number of likely N-dealkylation sites (tertiary alicyclic amines) is 1. The van der Waals surface area contributed by atoms with Gasteiger partial charge < -0.3 is 0 Å². The second-order valence-electron chi connectivity index (χ2n) is 4.03. The summed E-state index contributed by atoms with van der Waals surface area (Å²) in [5.74, 6) is 0.860. The van der Waals surface area contributed by atoms with Crippen LogP contribution in [0.15, 0.2) is 30.3 Å². The number of benzene rings is 1. The highest BCUT2D eigenvalue weighted by Crippen LogP contribution is 2.19. The molecular weight excluding hydrogens is 238 g/mol. The van der Waals surface area contributed by atoms with E-state index >= 15 is 0 Å². The Labute approximate surface area is 94.2 Å². The van der Waals surface area contributed by atoms with Crippen molar-refractivity contribution < 1.29 is 0 Å². The summed E-state index contributed by atoms with van der Waals surface area (Å²) in [5.41, 5.74) is 1.43. The highest BCUT2D eigenvalue weighted by molar-refractivity contribution is 9.09. The lowest BCUT2D eigenvalue weighted by Gasteiger charge is -2.15. The zero-order chi connectivity index (χ0) is 9.80. The molecule has 1 saturated heterocycles. The maximum absolute atomic E-state index is 3.56. The van der Waals surface area contributed by atoms with Crippen LogP contribution in [0.4, 0.5) is 0 Å². The summed E-state index contributed by atoms with van der Waals surface area (Å²) in [4.78, 5) is 2.54. The van der Waals surface area contributed by atoms with Gasteiger partial charge in [-0.05, 0) is 24.4 Å². The van der Waals surface area contributed by atoms with Gasteiger partial charge in [0.1, 0.15) is 0 Å². The molecule has 0 amide bonds. The molecule has 1 aliphatic heterocycles. The van der Waals surface area contributed by atoms with Gasteiger partial charge in [0.15, 0.2) is 0 Å². The van der Waals surface area contributed by atoms with Crippen molar-refractivity contribution in [2.75, 3.05) is 18.4 Å². The number of rotatable bonds is 3. The maximum Gasteiger partial charge on any atom is 0.0233 e. The fraction of sp³-hybridized carbons (Fsp3) is 0.500. The molecule has 1 aromatic carbocycles. The summed E-state index contributed by atoms with van der Waals surface area (Å²) < 4.78 is 0. The Balaban J connectivity index is 1.88. The largest absolute Gasteiger partial charge is 0.299 e. The maximum atomic E-state index is 3.56. The van der Waals surface area contributed by atoms with Crippen molar-refractivity contribution in [3.05, 3.63) is 35.9 Å². The van der Waals surface area contributed by atoms with Crippen LogP contribution in [0.2, 0.25) is 0 Å². The first-order valence-electron chi connectivity index (χ1n) is 5.20. The van der Waals surface area contributed by atoms with Crippen molar-refractivity contribution in [3.8, 4) is 0 Å². The second kappa shape index (κ2) is 4.94. The Morgan fingerprint density at radius 3 is 2.71 bits per heavy atom. The van der Waals surface area contributed by atoms with Gasteiger partial charge in [-0.15, -0.1) is 0 Å². The molecule has 0 spiro atoms. The molecule has 1 fully saturated rings. The highest BCUT2D eigenvalue weighted by Gasteiger charge is 2.20. The molecule has 14 heavy (non-hydrogen) atoms. The number of hydrogen-bond acceptors (Lipinski definition) is 1. The Morgan fingerprint density at radius 2 is 2.07 bits per heavy atom. The molecular formula is C12H16BrN. The van der Waals surface area contributed by atoms with E-state index in [4.69, 9.17) is 0 Å². The van der Waals surface area contributed by atoms with Gasteiger partial charge in [0.2, 0.25) is 0 Å². The van der Waals surface area contributed by atoms with Crippen molar-refractivity contribution in [1.82, 2.24) is 4.90 Å². The van der Waals surface area contributed by atoms with E-state index < -0.39 is 0 Å². The normalized spacial score (nSPS) is 22.8. The lowest BCUT2D eigenvalue weighted by molar-refractivity contribution is 0.321. The van der Waals surface area contributed by atoms with Crippen LogP contribution in [0.3, 0.4) is 0 Å². The first-order chi connectivity index (χ1) is 6.88. The van der Waals surface area contributed by atoms with Gasteiger partial charge in [0.25, 0.3) is 0 Å². The molecule has 0 saturated carbocycles. The van der Waals surface area contributed by atoms with E-state index in [-0.39, 0.29) is 0 Å². The van der Waals surface area contributed by atoms with Crippen molar-refractivity contribution >= 4 is 15.9 Å². The molecule has 76 valence electrons. The minimum absolute atomic E-state index is 0.860. The van der Waals surface area contributed by atoms with Crippen LogP contribution in [0.25, 0.3) is 0 Å². The van der Waals surface area contributed by atoms with Crippen molar-refractivity contribution in [2.24, 2.45) is 5.92 Å². The second-order valence-corrected chi connectivity index (χ2v) is 4.68. The number of halogens is 1. The summed E-state index contributed by atoms with van der Waals surface area (Å²) in [7, 11) is 0. The molecule has 0 radical (unpaired) electrons. The predicted octanol–water partition coefficient (Wildman–Crippen LogP) is 2.90. The van der Waals surface area contributed by atoms with Gasteiger partial charge in [-0.25, -0.2) is 0 Å². The molecule has 0 N–H and O–H groups in total. The number of nitrogens with zero attached hydrogens (tertiary/aromatic N) is 1. The van der Waals surface area contributed by atoms with Gasteiger partial charge in [-0.1, -0.05) is 46.3 Å². The topological polar surface area (TPSA) is 3.24 Å². The van der Waals surface area contributed by atoms with E-state index in [2.05, 4.69) is 51.2 Å². The average molecular weight is 254 g/mol. The van der Waals surface area contributed by atoms with Gasteiger partial charge in [0.05, 0.1) is 0 Å². The van der Waals surface area contributed by atoms with E-state index in [9.17, 15) is 0 Å². The molecule has 2 heteroatoms. The van der Waals surface area contributed by atoms with Crippen LogP contribution < -0.4 is 0 Å². The zero-order valence-corrected chi connectivity index (χ0v) is 9.91. The van der Waals surface area contributed by atoms with Crippen LogP contribution in [0, 0.1) is 5.92 Å². The summed E-state index contributed by atoms with van der Waals surface area (Å²) in [6.07, 6.45) is 1.35. The summed E-state index contributed by atoms with van der Waals surface area (Å²) >= 11 is 3.56. The van der Waals surface area contributed by atoms with Crippen LogP contribution >= 0.6 is 15.9 Å². The first kappa shape index (κ1) is 10.2. The standard InChI is InChI=1S/C12H16BrN/c13-8-12-6-7-14(10-12)9-11-4-2-1-3-5-11/h1-5,12H,6-10H2. The Morgan fingerprint density at radius 1 is 1.29 bits per heavy atom. The molecule has 1 atom stereocenters. The predicted molar refractivity (Wildman–Crippen MR) is 63.6 cm³/mol. The van der Waals surface area contributed by atoms with Crippen molar-refractivity contribution in [1.29, 1.82) is 0 Å². The average Bonchev–Trinajstić information content (AvgIpc) is 2.67. The number of hydrogen-bond donors (Lipinski definition) is 0. The van der Waals surface area contributed by atoms with Crippen LogP contribution in [0.5, 0.6) is 0 Å². The molecule has 0 aliphatic carbocycles. The fourth-order valence-corrected chi connectivity index (χ4v) is 2.55. The van der Waals surface area contributed by atoms with E-state index in [1.807, 2.05) is 0 Å². The third kappa shape index (κ3) is 2.58. The van der Waals surface area contributed by atoms with Crippen LogP contribution in [-0.2, 0) is 6.54 Å². The summed E-state index contributed by atoms with van der Waals surface area (Å²) in [6.45, 7) is 3.62. The highest BCUT2D eigenvalue weighted by atomic mass is 79.9. The molecule has 1 nitrogen and oxygen atoms in total. The van der Waals surface area contributed by atoms with Crippen LogP contribution in [-0.4, -0.2) is 23.3 Å². The molecule has 1 unspecified atom stereocenters. The summed E-state index contributed by atoms with van der Waals surface area (Å²) in [5, 5.41) is 1.15. The van der Waals surface area contributed by atoms with E-state index in [0.29, 0.717) is 0 Å². The smallest absolute Gasteiger partial charge is 0.0233 e. The quantitative estimate of drug-likeness (QED) is 0.750. The van der Waals surface area contributed by atoms with E-state index in [0.717, 1.165) is 17.8 Å². The zero-order valence-electron chi connectivity index (χ0n) is 8.32. The minimum atomic E-state index is 0.860. The third-order valence-electron chi connectivity index (χ3n) is 2.84. The molecule has 1 heterocycles. The minimum Gasteiger partial charge on any atom is -0.299 e. The Hall–Kier alpha value is -0.340. The van der Waals surface area contributed by atoms with Gasteiger partial charge in [-0.3, -0.25) is 4.90 Å². The Kier molecular flexibility index (Phi) is 3.60. The van der Waals surface area contributed by atoms with E-state index in [1.54, 1.807) is 0 Å². The monoisotopic (exact) mass is 253 g/mol. The number of alkyl halides is 1. The Bertz CT molecular complexity index is 273. The van der Waals surface area contributed by atoms with Crippen molar-refractivity contribution in [2.45, 2.75) is 13.0 Å². The summed E-state index contributed by atoms with van der Waals surface area (Å²) in [6, 6.07) is 10.7. The van der Waals surface area contributed by atoms with Gasteiger partial charge in [0, 0.05) is 18.4 Å². The van der Waals surface area contributed by atoms with E-state index in [1.165, 1.54) is 25.1 Å². The third-order valence-corrected chi connectivity index (χ3v) is 3.75. The molecule has 1 aliphatic rings. The first-order valence-corrected chi connectivity index (χ1v) is 6.33. The van der Waals surface area contributed by atoms with Gasteiger partial charge >= 0.3 is 0 Å². The molecule has 2 rings (SSSR count). The van der Waals surface area contributed by atoms with Crippen LogP contribution in [0.1, 0.15) is 12.0 Å². The SMILES string of the molecule is BrCC1CCN(Cc2ccccc2)C1. The molecule has 1 aromatic rings. The lowest BCUT2D eigenvalue weighted by Crippen LogP contribution is -2.20. The molecule has 0 bridgehead atoms. The molecule has 0 aromatic heterocycles. The lowest BCUT2D eigenvalue weighted by atomic mass is 10.2. The van der Waals surface area contributed by atoms with Crippen molar-refractivity contribution in [3.63, 3.8) is 0 Å². The van der Waals surface area contributed by atoms with Gasteiger partial charge in [-0.2, -0.15) is 0 Å². The fourth-order valence-electron chi connectivity index (χ4n) is 2.02.